The molecule has 0 aromatic rings. The van der Waals surface area contributed by atoms with Gasteiger partial charge < -0.3 is 10.0 Å². The lowest BCUT2D eigenvalue weighted by Gasteiger charge is -2.22. The number of aliphatic carboxylic acids is 1. The van der Waals surface area contributed by atoms with E-state index in [1.165, 1.54) is 0 Å². The second-order valence-electron chi connectivity index (χ2n) is 3.64. The number of hydrogen-bond acceptors (Lipinski definition) is 3. The van der Waals surface area contributed by atoms with E-state index >= 15 is 0 Å². The summed E-state index contributed by atoms with van der Waals surface area (Å²) in [4.78, 5) is 14.7. The van der Waals surface area contributed by atoms with Crippen molar-refractivity contribution >= 4 is 5.97 Å². The Bertz CT molecular complexity index is 184. The first-order chi connectivity index (χ1) is 6.13. The van der Waals surface area contributed by atoms with Gasteiger partial charge in [0.1, 0.15) is 0 Å². The number of nitrogens with zero attached hydrogens (tertiary/aromatic N) is 2. The number of carboxylic acids is 1. The second kappa shape index (κ2) is 4.58. The zero-order valence-electron chi connectivity index (χ0n) is 8.36. The number of hydrogen-bond donors (Lipinski definition) is 1. The summed E-state index contributed by atoms with van der Waals surface area (Å²) >= 11 is 0. The van der Waals surface area contributed by atoms with E-state index < -0.39 is 5.97 Å². The summed E-state index contributed by atoms with van der Waals surface area (Å²) in [7, 11) is 1.89. The van der Waals surface area contributed by atoms with Crippen LogP contribution in [0.1, 0.15) is 13.3 Å². The number of likely N-dealkylation sites (tertiary alicyclic amines) is 1. The van der Waals surface area contributed by atoms with Crippen LogP contribution in [-0.2, 0) is 4.79 Å². The SMILES string of the molecule is CCN1CCC(N(C)CC(=O)O)C1. The Hall–Kier alpha value is -0.610. The molecule has 0 bridgehead atoms. The van der Waals surface area contributed by atoms with E-state index in [4.69, 9.17) is 5.11 Å². The highest BCUT2D eigenvalue weighted by Crippen LogP contribution is 2.13. The highest BCUT2D eigenvalue weighted by molar-refractivity contribution is 5.69. The molecule has 0 aromatic carbocycles. The number of carboxylic acid groups (broad SMARTS) is 1. The van der Waals surface area contributed by atoms with Crippen LogP contribution in [0.15, 0.2) is 0 Å². The van der Waals surface area contributed by atoms with Crippen molar-refractivity contribution in [2.75, 3.05) is 33.2 Å². The molecule has 1 aliphatic rings. The average Bonchev–Trinajstić information content (AvgIpc) is 2.50. The molecule has 0 aromatic heterocycles. The van der Waals surface area contributed by atoms with Gasteiger partial charge >= 0.3 is 5.97 Å². The molecule has 4 nitrogen and oxygen atoms in total. The summed E-state index contributed by atoms with van der Waals surface area (Å²) < 4.78 is 0. The number of likely N-dealkylation sites (N-methyl/N-ethyl adjacent to an activating group) is 2. The van der Waals surface area contributed by atoms with Gasteiger partial charge in [0.15, 0.2) is 0 Å². The first kappa shape index (κ1) is 10.5. The van der Waals surface area contributed by atoms with Crippen molar-refractivity contribution in [2.24, 2.45) is 0 Å². The highest BCUT2D eigenvalue weighted by Gasteiger charge is 2.25. The Balaban J connectivity index is 2.32. The molecule has 0 saturated carbocycles. The summed E-state index contributed by atoms with van der Waals surface area (Å²) in [6, 6.07) is 0.427. The maximum absolute atomic E-state index is 10.5. The quantitative estimate of drug-likeness (QED) is 0.676. The van der Waals surface area contributed by atoms with Crippen LogP contribution in [-0.4, -0.2) is 60.1 Å². The average molecular weight is 186 g/mol. The molecule has 1 heterocycles. The number of carbonyl (C=O) groups is 1. The maximum Gasteiger partial charge on any atom is 0.317 e. The normalized spacial score (nSPS) is 24.1. The van der Waals surface area contributed by atoms with Crippen molar-refractivity contribution < 1.29 is 9.90 Å². The van der Waals surface area contributed by atoms with Gasteiger partial charge in [0.25, 0.3) is 0 Å². The van der Waals surface area contributed by atoms with E-state index in [1.807, 2.05) is 11.9 Å². The van der Waals surface area contributed by atoms with Gasteiger partial charge in [0.2, 0.25) is 0 Å². The van der Waals surface area contributed by atoms with Crippen molar-refractivity contribution in [1.29, 1.82) is 0 Å². The molecule has 1 fully saturated rings. The number of rotatable bonds is 4. The van der Waals surface area contributed by atoms with Gasteiger partial charge in [0.05, 0.1) is 6.54 Å². The van der Waals surface area contributed by atoms with Crippen LogP contribution in [0, 0.1) is 0 Å². The lowest BCUT2D eigenvalue weighted by atomic mass is 10.2. The molecule has 76 valence electrons. The van der Waals surface area contributed by atoms with Crippen LogP contribution in [0.3, 0.4) is 0 Å². The minimum atomic E-state index is -0.738. The molecule has 1 aliphatic heterocycles. The lowest BCUT2D eigenvalue weighted by Crippen LogP contribution is -2.37. The minimum absolute atomic E-state index is 0.155. The molecule has 1 rings (SSSR count). The van der Waals surface area contributed by atoms with Crippen LogP contribution < -0.4 is 0 Å². The predicted molar refractivity (Wildman–Crippen MR) is 50.8 cm³/mol. The van der Waals surface area contributed by atoms with E-state index in [-0.39, 0.29) is 6.54 Å². The van der Waals surface area contributed by atoms with Gasteiger partial charge in [-0.3, -0.25) is 9.69 Å². The van der Waals surface area contributed by atoms with Crippen molar-refractivity contribution in [3.05, 3.63) is 0 Å². The molecule has 0 amide bonds. The smallest absolute Gasteiger partial charge is 0.317 e. The van der Waals surface area contributed by atoms with Crippen LogP contribution >= 0.6 is 0 Å². The Morgan fingerprint density at radius 2 is 2.38 bits per heavy atom. The maximum atomic E-state index is 10.5. The molecule has 1 N–H and O–H groups in total. The summed E-state index contributed by atoms with van der Waals surface area (Å²) in [6.07, 6.45) is 1.09. The van der Waals surface area contributed by atoms with Gasteiger partial charge in [0, 0.05) is 12.6 Å². The first-order valence-corrected chi connectivity index (χ1v) is 4.78. The molecule has 1 atom stereocenters. The third kappa shape index (κ3) is 2.97. The zero-order chi connectivity index (χ0) is 9.84. The largest absolute Gasteiger partial charge is 0.480 e. The van der Waals surface area contributed by atoms with Crippen molar-refractivity contribution in [1.82, 2.24) is 9.80 Å². The van der Waals surface area contributed by atoms with Gasteiger partial charge in [-0.05, 0) is 26.6 Å². The lowest BCUT2D eigenvalue weighted by molar-refractivity contribution is -0.138. The molecule has 0 radical (unpaired) electrons. The standard InChI is InChI=1S/C9H18N2O2/c1-3-11-5-4-8(6-11)10(2)7-9(12)13/h8H,3-7H2,1-2H3,(H,12,13). The van der Waals surface area contributed by atoms with Crippen LogP contribution in [0.5, 0.6) is 0 Å². The fourth-order valence-electron chi connectivity index (χ4n) is 1.80. The molecule has 4 heteroatoms. The minimum Gasteiger partial charge on any atom is -0.480 e. The van der Waals surface area contributed by atoms with Gasteiger partial charge in [-0.1, -0.05) is 6.92 Å². The van der Waals surface area contributed by atoms with Crippen LogP contribution in [0.4, 0.5) is 0 Å². The van der Waals surface area contributed by atoms with E-state index in [1.54, 1.807) is 0 Å². The fourth-order valence-corrected chi connectivity index (χ4v) is 1.80. The van der Waals surface area contributed by atoms with E-state index in [9.17, 15) is 4.79 Å². The summed E-state index contributed by atoms with van der Waals surface area (Å²) in [5.41, 5.74) is 0. The van der Waals surface area contributed by atoms with Crippen LogP contribution in [0.25, 0.3) is 0 Å². The first-order valence-electron chi connectivity index (χ1n) is 4.78. The second-order valence-corrected chi connectivity index (χ2v) is 3.64. The van der Waals surface area contributed by atoms with Gasteiger partial charge in [-0.25, -0.2) is 0 Å². The Labute approximate surface area is 79.1 Å². The third-order valence-electron chi connectivity index (χ3n) is 2.70. The monoisotopic (exact) mass is 186 g/mol. The summed E-state index contributed by atoms with van der Waals surface area (Å²) in [6.45, 7) is 5.48. The van der Waals surface area contributed by atoms with Gasteiger partial charge in [-0.2, -0.15) is 0 Å². The Morgan fingerprint density at radius 3 is 2.85 bits per heavy atom. The molecule has 13 heavy (non-hydrogen) atoms. The van der Waals surface area contributed by atoms with E-state index in [0.29, 0.717) is 6.04 Å². The molecule has 0 aliphatic carbocycles. The van der Waals surface area contributed by atoms with Crippen molar-refractivity contribution in [2.45, 2.75) is 19.4 Å². The molecule has 1 saturated heterocycles. The Kier molecular flexibility index (Phi) is 3.69. The van der Waals surface area contributed by atoms with Crippen molar-refractivity contribution in [3.8, 4) is 0 Å². The van der Waals surface area contributed by atoms with Gasteiger partial charge in [-0.15, -0.1) is 0 Å². The predicted octanol–water partition coefficient (Wildman–Crippen LogP) is 0.0970. The topological polar surface area (TPSA) is 43.8 Å². The zero-order valence-corrected chi connectivity index (χ0v) is 8.36. The summed E-state index contributed by atoms with van der Waals surface area (Å²) in [5, 5.41) is 8.61. The molecule has 0 spiro atoms. The highest BCUT2D eigenvalue weighted by atomic mass is 16.4. The van der Waals surface area contributed by atoms with E-state index in [2.05, 4.69) is 11.8 Å². The third-order valence-corrected chi connectivity index (χ3v) is 2.70. The molecular formula is C9H18N2O2. The van der Waals surface area contributed by atoms with Crippen LogP contribution in [0.2, 0.25) is 0 Å². The van der Waals surface area contributed by atoms with E-state index in [0.717, 1.165) is 26.1 Å². The summed E-state index contributed by atoms with van der Waals surface area (Å²) in [5.74, 6) is -0.738. The fraction of sp³-hybridized carbons (Fsp3) is 0.889. The Morgan fingerprint density at radius 1 is 1.69 bits per heavy atom. The molecule has 1 unspecified atom stereocenters. The molecular weight excluding hydrogens is 168 g/mol. The van der Waals surface area contributed by atoms with Crippen molar-refractivity contribution in [3.63, 3.8) is 0 Å².